The fourth-order valence-corrected chi connectivity index (χ4v) is 2.06. The third-order valence-electron chi connectivity index (χ3n) is 2.60. The summed E-state index contributed by atoms with van der Waals surface area (Å²) < 4.78 is 5.71. The second-order valence-electron chi connectivity index (χ2n) is 4.11. The van der Waals surface area contributed by atoms with E-state index in [4.69, 9.17) is 4.74 Å². The van der Waals surface area contributed by atoms with E-state index < -0.39 is 5.97 Å². The SMILES string of the molecule is CCOC(=O)c1ccnc(NC(=O)c2cccc(Br)c2)c1. The van der Waals surface area contributed by atoms with E-state index in [0.717, 1.165) is 4.47 Å². The van der Waals surface area contributed by atoms with Gasteiger partial charge < -0.3 is 10.1 Å². The average molecular weight is 349 g/mol. The number of ether oxygens (including phenoxy) is 1. The smallest absolute Gasteiger partial charge is 0.338 e. The van der Waals surface area contributed by atoms with Crippen molar-refractivity contribution in [3.05, 3.63) is 58.2 Å². The predicted octanol–water partition coefficient (Wildman–Crippen LogP) is 3.27. The molecule has 0 saturated carbocycles. The van der Waals surface area contributed by atoms with Gasteiger partial charge in [-0.15, -0.1) is 0 Å². The Morgan fingerprint density at radius 1 is 1.24 bits per heavy atom. The van der Waals surface area contributed by atoms with Gasteiger partial charge in [-0.1, -0.05) is 22.0 Å². The summed E-state index contributed by atoms with van der Waals surface area (Å²) in [5.41, 5.74) is 0.837. The van der Waals surface area contributed by atoms with E-state index in [9.17, 15) is 9.59 Å². The van der Waals surface area contributed by atoms with Gasteiger partial charge in [0.25, 0.3) is 5.91 Å². The molecule has 1 aromatic carbocycles. The fraction of sp³-hybridized carbons (Fsp3) is 0.133. The molecule has 0 unspecified atom stereocenters. The van der Waals surface area contributed by atoms with Crippen molar-refractivity contribution in [2.75, 3.05) is 11.9 Å². The number of halogens is 1. The molecular formula is C15H13BrN2O3. The topological polar surface area (TPSA) is 68.3 Å². The highest BCUT2D eigenvalue weighted by molar-refractivity contribution is 9.10. The highest BCUT2D eigenvalue weighted by Crippen LogP contribution is 2.14. The van der Waals surface area contributed by atoms with Crippen molar-refractivity contribution < 1.29 is 14.3 Å². The predicted molar refractivity (Wildman–Crippen MR) is 82.3 cm³/mol. The van der Waals surface area contributed by atoms with Gasteiger partial charge in [-0.25, -0.2) is 9.78 Å². The molecule has 0 atom stereocenters. The number of nitrogens with one attached hydrogen (secondary N) is 1. The maximum Gasteiger partial charge on any atom is 0.338 e. The van der Waals surface area contributed by atoms with Crippen molar-refractivity contribution in [3.8, 4) is 0 Å². The van der Waals surface area contributed by atoms with E-state index in [2.05, 4.69) is 26.2 Å². The second-order valence-corrected chi connectivity index (χ2v) is 5.03. The summed E-state index contributed by atoms with van der Waals surface area (Å²) in [6.45, 7) is 2.02. The van der Waals surface area contributed by atoms with Crippen molar-refractivity contribution in [2.24, 2.45) is 0 Å². The lowest BCUT2D eigenvalue weighted by Crippen LogP contribution is -2.14. The van der Waals surface area contributed by atoms with E-state index in [1.807, 2.05) is 6.07 Å². The Morgan fingerprint density at radius 3 is 2.76 bits per heavy atom. The molecule has 1 heterocycles. The van der Waals surface area contributed by atoms with Gasteiger partial charge in [0, 0.05) is 16.2 Å². The summed E-state index contributed by atoms with van der Waals surface area (Å²) in [5, 5.41) is 2.64. The number of hydrogen-bond donors (Lipinski definition) is 1. The Kier molecular flexibility index (Phi) is 5.05. The van der Waals surface area contributed by atoms with Crippen LogP contribution < -0.4 is 5.32 Å². The van der Waals surface area contributed by atoms with Crippen LogP contribution in [0.3, 0.4) is 0 Å². The van der Waals surface area contributed by atoms with Gasteiger partial charge in [0.05, 0.1) is 12.2 Å². The molecule has 108 valence electrons. The fourth-order valence-electron chi connectivity index (χ4n) is 1.66. The molecule has 6 heteroatoms. The first-order chi connectivity index (χ1) is 10.1. The summed E-state index contributed by atoms with van der Waals surface area (Å²) in [4.78, 5) is 27.7. The summed E-state index contributed by atoms with van der Waals surface area (Å²) in [5.74, 6) is -0.451. The van der Waals surface area contributed by atoms with Gasteiger partial charge >= 0.3 is 5.97 Å². The first kappa shape index (κ1) is 15.2. The van der Waals surface area contributed by atoms with E-state index in [-0.39, 0.29) is 5.91 Å². The normalized spacial score (nSPS) is 10.0. The molecule has 0 fully saturated rings. The molecule has 5 nitrogen and oxygen atoms in total. The number of rotatable bonds is 4. The summed E-state index contributed by atoms with van der Waals surface area (Å²) in [6, 6.07) is 10.00. The quantitative estimate of drug-likeness (QED) is 0.861. The number of hydrogen-bond acceptors (Lipinski definition) is 4. The van der Waals surface area contributed by atoms with E-state index in [1.54, 1.807) is 25.1 Å². The van der Waals surface area contributed by atoms with Gasteiger partial charge in [0.2, 0.25) is 0 Å². The maximum atomic E-state index is 12.1. The van der Waals surface area contributed by atoms with Crippen LogP contribution in [0.15, 0.2) is 47.1 Å². The van der Waals surface area contributed by atoms with Crippen LogP contribution >= 0.6 is 15.9 Å². The molecule has 0 aliphatic carbocycles. The number of nitrogens with zero attached hydrogens (tertiary/aromatic N) is 1. The molecule has 0 radical (unpaired) electrons. The zero-order valence-corrected chi connectivity index (χ0v) is 12.9. The van der Waals surface area contributed by atoms with Crippen LogP contribution in [0.1, 0.15) is 27.6 Å². The van der Waals surface area contributed by atoms with E-state index in [1.165, 1.54) is 18.3 Å². The molecule has 0 aliphatic heterocycles. The number of amides is 1. The van der Waals surface area contributed by atoms with Crippen molar-refractivity contribution in [2.45, 2.75) is 6.92 Å². The van der Waals surface area contributed by atoms with Gasteiger partial charge in [0.1, 0.15) is 5.82 Å². The monoisotopic (exact) mass is 348 g/mol. The third-order valence-corrected chi connectivity index (χ3v) is 3.09. The van der Waals surface area contributed by atoms with Crippen molar-refractivity contribution in [1.82, 2.24) is 4.98 Å². The molecule has 0 aliphatic rings. The molecular weight excluding hydrogens is 336 g/mol. The molecule has 0 spiro atoms. The summed E-state index contributed by atoms with van der Waals surface area (Å²) in [7, 11) is 0. The highest BCUT2D eigenvalue weighted by atomic mass is 79.9. The van der Waals surface area contributed by atoms with Gasteiger partial charge in [0.15, 0.2) is 0 Å². The number of anilines is 1. The van der Waals surface area contributed by atoms with Crippen molar-refractivity contribution in [1.29, 1.82) is 0 Å². The zero-order chi connectivity index (χ0) is 15.2. The molecule has 0 bridgehead atoms. The second kappa shape index (κ2) is 6.99. The lowest BCUT2D eigenvalue weighted by atomic mass is 10.2. The Bertz CT molecular complexity index is 673. The number of pyridine rings is 1. The van der Waals surface area contributed by atoms with Gasteiger partial charge in [-0.05, 0) is 37.3 Å². The number of benzene rings is 1. The zero-order valence-electron chi connectivity index (χ0n) is 11.3. The lowest BCUT2D eigenvalue weighted by molar-refractivity contribution is 0.0526. The molecule has 1 N–H and O–H groups in total. The highest BCUT2D eigenvalue weighted by Gasteiger charge is 2.10. The molecule has 0 saturated heterocycles. The van der Waals surface area contributed by atoms with E-state index in [0.29, 0.717) is 23.6 Å². The van der Waals surface area contributed by atoms with Crippen LogP contribution in [-0.4, -0.2) is 23.5 Å². The van der Waals surface area contributed by atoms with Crippen molar-refractivity contribution >= 4 is 33.6 Å². The maximum absolute atomic E-state index is 12.1. The Hall–Kier alpha value is -2.21. The standard InChI is InChI=1S/C15H13BrN2O3/c1-2-21-15(20)11-6-7-17-13(9-11)18-14(19)10-4-3-5-12(16)8-10/h3-9H,2H2,1H3,(H,17,18,19). The van der Waals surface area contributed by atoms with Crippen LogP contribution in [0.25, 0.3) is 0 Å². The third kappa shape index (κ3) is 4.13. The minimum atomic E-state index is -0.446. The first-order valence-electron chi connectivity index (χ1n) is 6.30. The lowest BCUT2D eigenvalue weighted by Gasteiger charge is -2.06. The number of aromatic nitrogens is 1. The minimum Gasteiger partial charge on any atom is -0.462 e. The molecule has 1 aromatic heterocycles. The minimum absolute atomic E-state index is 0.293. The average Bonchev–Trinajstić information content (AvgIpc) is 2.48. The number of esters is 1. The number of carbonyl (C=O) groups excluding carboxylic acids is 2. The molecule has 21 heavy (non-hydrogen) atoms. The van der Waals surface area contributed by atoms with Crippen LogP contribution in [0.4, 0.5) is 5.82 Å². The Morgan fingerprint density at radius 2 is 2.05 bits per heavy atom. The molecule has 2 aromatic rings. The first-order valence-corrected chi connectivity index (χ1v) is 7.09. The van der Waals surface area contributed by atoms with Crippen LogP contribution in [-0.2, 0) is 4.74 Å². The Balaban J connectivity index is 2.14. The summed E-state index contributed by atoms with van der Waals surface area (Å²) >= 11 is 3.31. The largest absolute Gasteiger partial charge is 0.462 e. The van der Waals surface area contributed by atoms with Gasteiger partial charge in [-0.2, -0.15) is 0 Å². The van der Waals surface area contributed by atoms with Crippen LogP contribution in [0.5, 0.6) is 0 Å². The Labute approximate surface area is 130 Å². The van der Waals surface area contributed by atoms with Crippen LogP contribution in [0, 0.1) is 0 Å². The summed E-state index contributed by atoms with van der Waals surface area (Å²) in [6.07, 6.45) is 1.45. The molecule has 2 rings (SSSR count). The van der Waals surface area contributed by atoms with Crippen molar-refractivity contribution in [3.63, 3.8) is 0 Å². The van der Waals surface area contributed by atoms with Gasteiger partial charge in [-0.3, -0.25) is 4.79 Å². The van der Waals surface area contributed by atoms with Crippen LogP contribution in [0.2, 0.25) is 0 Å². The van der Waals surface area contributed by atoms with E-state index >= 15 is 0 Å². The molecule has 1 amide bonds. The number of carbonyl (C=O) groups is 2.